The van der Waals surface area contributed by atoms with Crippen LogP contribution in [-0.4, -0.2) is 342 Å². The fourth-order valence-corrected chi connectivity index (χ4v) is 26.3. The van der Waals surface area contributed by atoms with Crippen molar-refractivity contribution in [2.24, 2.45) is 0 Å². The normalized spacial score (nSPS) is 23.8. The van der Waals surface area contributed by atoms with Gasteiger partial charge in [0.1, 0.15) is 29.1 Å². The highest BCUT2D eigenvalue weighted by molar-refractivity contribution is 7.08. The molecular weight excluding hydrogens is 1510 g/mol. The molecule has 8 fully saturated rings. The number of nitrogens with zero attached hydrogens (tertiary/aromatic N) is 29. The summed E-state index contributed by atoms with van der Waals surface area (Å²) in [6, 6.07) is 35.2. The minimum Gasteiger partial charge on any atom is -0.415 e. The second-order valence-corrected chi connectivity index (χ2v) is 41.5. The van der Waals surface area contributed by atoms with Gasteiger partial charge in [0.2, 0.25) is 0 Å². The molecule has 29 nitrogen and oxygen atoms in total. The zero-order valence-corrected chi connectivity index (χ0v) is 79.1. The molecule has 0 atom stereocenters. The fourth-order valence-electron chi connectivity index (χ4n) is 26.3. The number of imidazole rings is 4. The predicted octanol–water partition coefficient (Wildman–Crippen LogP) is 5.69. The van der Waals surface area contributed by atoms with Crippen molar-refractivity contribution in [2.45, 2.75) is 178 Å². The van der Waals surface area contributed by atoms with Crippen LogP contribution in [0.3, 0.4) is 0 Å². The Hall–Kier alpha value is -6.56. The van der Waals surface area contributed by atoms with Gasteiger partial charge in [-0.05, 0) is 147 Å². The molecule has 0 amide bonds. The summed E-state index contributed by atoms with van der Waals surface area (Å²) in [5, 5.41) is -0.0519. The molecule has 16 aliphatic heterocycles. The summed E-state index contributed by atoms with van der Waals surface area (Å²) < 4.78 is 62.0. The van der Waals surface area contributed by atoms with E-state index in [1.54, 1.807) is 0 Å². The number of hydrogen-bond acceptors (Lipinski definition) is 25. The van der Waals surface area contributed by atoms with Gasteiger partial charge in [-0.15, -0.1) is 0 Å². The van der Waals surface area contributed by atoms with Gasteiger partial charge in [0.05, 0.1) is 6.20 Å². The van der Waals surface area contributed by atoms with E-state index in [2.05, 4.69) is 454 Å². The minimum atomic E-state index is -0.0951. The summed E-state index contributed by atoms with van der Waals surface area (Å²) in [4.78, 5) is 22.3. The predicted molar refractivity (Wildman–Crippen MR) is 532 cm³/mol. The van der Waals surface area contributed by atoms with E-state index in [9.17, 15) is 0 Å². The molecule has 50 heteroatoms. The van der Waals surface area contributed by atoms with Gasteiger partial charge in [0, 0.05) is 108 Å². The first kappa shape index (κ1) is 83.4. The van der Waals surface area contributed by atoms with E-state index in [0.29, 0.717) is 48.9 Å². The molecule has 0 saturated carbocycles. The van der Waals surface area contributed by atoms with Crippen molar-refractivity contribution in [3.63, 3.8) is 0 Å². The van der Waals surface area contributed by atoms with E-state index < -0.39 is 0 Å². The van der Waals surface area contributed by atoms with Gasteiger partial charge in [-0.2, -0.15) is 0 Å². The molecule has 8 aromatic rings. The molecule has 24 rings (SSSR count). The Labute approximate surface area is 741 Å². The number of aromatic nitrogens is 8. The quantitative estimate of drug-likeness (QED) is 0.172. The van der Waals surface area contributed by atoms with E-state index in [4.69, 9.17) is 19.9 Å². The second kappa shape index (κ2) is 27.7. The third kappa shape index (κ3) is 10.3. The molecule has 20 heterocycles. The fraction of sp³-hybridized carbons (Fsp3) is 0.507. The first-order chi connectivity index (χ1) is 58.1. The summed E-state index contributed by atoms with van der Waals surface area (Å²) in [5.74, 6) is 5.56. The Balaban J connectivity index is 0.000000101. The van der Waals surface area contributed by atoms with E-state index in [0.717, 1.165) is 23.3 Å². The number of hydrogen-bond donors (Lipinski definition) is 0. The summed E-state index contributed by atoms with van der Waals surface area (Å²) in [5.41, 5.74) is 13.7. The maximum absolute atomic E-state index is 5.01. The van der Waals surface area contributed by atoms with Crippen LogP contribution in [0.2, 0.25) is 81.9 Å². The summed E-state index contributed by atoms with van der Waals surface area (Å²) in [6.45, 7) is 56.1. The van der Waals surface area contributed by atoms with Gasteiger partial charge in [0.15, 0.2) is 0 Å². The Bertz CT molecular complexity index is 5530. The molecule has 0 radical (unpaired) electrons. The Morgan fingerprint density at radius 2 is 0.585 bits per heavy atom. The van der Waals surface area contributed by atoms with Crippen LogP contribution in [0.5, 0.6) is 0 Å². The summed E-state index contributed by atoms with van der Waals surface area (Å²) in [7, 11) is 23.8. The van der Waals surface area contributed by atoms with Crippen LogP contribution in [-0.2, 0) is 16.1 Å². The van der Waals surface area contributed by atoms with E-state index in [1.807, 2.05) is 6.20 Å². The molecule has 0 N–H and O–H groups in total. The number of benzene rings is 4. The van der Waals surface area contributed by atoms with Crippen LogP contribution in [0.25, 0.3) is 45.6 Å². The van der Waals surface area contributed by atoms with Gasteiger partial charge in [-0.3, -0.25) is 0 Å². The maximum atomic E-state index is 5.01. The van der Waals surface area contributed by atoms with Crippen molar-refractivity contribution >= 4 is 176 Å². The lowest BCUT2D eigenvalue weighted by Gasteiger charge is -2.69. The van der Waals surface area contributed by atoms with E-state index in [-0.39, 0.29) is 126 Å². The molecule has 4 aromatic heterocycles. The Kier molecular flexibility index (Phi) is 18.8. The van der Waals surface area contributed by atoms with Crippen LogP contribution in [0, 0.1) is 0 Å². The van der Waals surface area contributed by atoms with Crippen LogP contribution in [0.1, 0.15) is 86.3 Å². The van der Waals surface area contributed by atoms with Crippen LogP contribution in [0.4, 0.5) is 28.6 Å². The van der Waals surface area contributed by atoms with E-state index >= 15 is 0 Å². The SMILES string of the molecule is CB1N(C)B(C)N2B(C)N3B4N(B2N1C)C(C)(C)C(C)(C)c1cnc(n14)-c1ccccc13.CB1N(C)B(C)N2B(N1C)N1B(C)N(C)c3cnc4n3B1N(B2C)c1ccccc1-4.CB1N(C)B(C)N2B(N1C)N1B3N(B2C)C(C)(C)C(C)(C)c2cnc(n23)-c2ccccc21.CB1N(C)B2N(C)B(C)N3B4N2B(N1C)C(C)(C)c1cnc(n14)-c1ccccc13. The highest BCUT2D eigenvalue weighted by atomic mass is 15.5. The standard InChI is InChI=1S/2C20H32B5N7.C17H26B5N7.C16H26B6N8/c1-19(2)17-14-26-18-15-12-10-11-13-16(15)30-24-28(9)21(5)27(8)22(6)32(24)23(7)31(20(19,3)4)25(30)29(17)18;1-19(2)17-14-26-18-15-12-10-11-13-16(15)30-23(7)32-22(6)27(8)21(5)28(9)24(32)31(20(19,3)4)25(30)29(17)18;1-17(2)15-12-23-16-13-10-8-9-11-14(13)28-19(4)26(7)21-25(6)18(3)24(5)20(17)29(21)22(28)27(15)16;1-17-24(5)15-12-23-16-13-10-8-9-11-14(13)28-20(4)29-19(3)25(6)18(2)26(7)21(29)30(17)22(28)27(15)16/h2*10-14H,1-9H3;8-12H,1-7H3;8-12H,1-7H3. The highest BCUT2D eigenvalue weighted by Crippen LogP contribution is 2.57. The molecule has 0 unspecified atom stereocenters. The number of anilines is 5. The molecule has 616 valence electrons. The monoisotopic (exact) mass is 1630 g/mol. The Morgan fingerprint density at radius 3 is 1.07 bits per heavy atom. The summed E-state index contributed by atoms with van der Waals surface area (Å²) in [6.07, 6.45) is 8.44. The number of fused-ring (bicyclic) bond motifs is 18. The lowest BCUT2D eigenvalue weighted by molar-refractivity contribution is 0.157. The third-order valence-corrected chi connectivity index (χ3v) is 35.7. The molecule has 16 aliphatic rings. The average molecular weight is 1630 g/mol. The summed E-state index contributed by atoms with van der Waals surface area (Å²) >= 11 is 0. The number of para-hydroxylation sites is 4. The van der Waals surface area contributed by atoms with Gasteiger partial charge < -0.3 is 117 Å². The van der Waals surface area contributed by atoms with E-state index in [1.165, 1.54) is 67.9 Å². The minimum absolute atomic E-state index is 0.0519. The lowest BCUT2D eigenvalue weighted by atomic mass is 9.29. The highest BCUT2D eigenvalue weighted by Gasteiger charge is 2.74. The van der Waals surface area contributed by atoms with Gasteiger partial charge in [0.25, 0.3) is 62.8 Å². The first-order valence-electron chi connectivity index (χ1n) is 45.6. The van der Waals surface area contributed by atoms with Crippen LogP contribution >= 0.6 is 0 Å². The Morgan fingerprint density at radius 1 is 0.252 bits per heavy atom. The van der Waals surface area contributed by atoms with Crippen molar-refractivity contribution in [3.8, 4) is 45.6 Å². The molecule has 123 heavy (non-hydrogen) atoms. The smallest absolute Gasteiger partial charge is 0.415 e. The molecule has 4 aromatic carbocycles. The van der Waals surface area contributed by atoms with Crippen molar-refractivity contribution in [2.75, 3.05) is 94.2 Å². The van der Waals surface area contributed by atoms with Gasteiger partial charge in [-0.25, -0.2) is 19.9 Å². The molecule has 0 bridgehead atoms. The zero-order chi connectivity index (χ0) is 87.3. The first-order valence-corrected chi connectivity index (χ1v) is 45.6. The molecular formula is C73H116B21N29. The molecule has 0 aliphatic carbocycles. The molecule has 0 spiro atoms. The average Bonchev–Trinajstić information content (AvgIpc) is 1.67. The topological polar surface area (TPSA) is 139 Å². The van der Waals surface area contributed by atoms with Crippen molar-refractivity contribution < 1.29 is 0 Å². The van der Waals surface area contributed by atoms with Crippen LogP contribution < -0.4 is 23.7 Å². The largest absolute Gasteiger partial charge is 0.455 e. The maximum Gasteiger partial charge on any atom is 0.455 e. The third-order valence-electron chi connectivity index (χ3n) is 35.7. The van der Waals surface area contributed by atoms with Gasteiger partial charge >= 0.3 is 84.9 Å². The van der Waals surface area contributed by atoms with Gasteiger partial charge in [-0.1, -0.05) is 172 Å². The van der Waals surface area contributed by atoms with Crippen LogP contribution in [0.15, 0.2) is 122 Å². The van der Waals surface area contributed by atoms with Crippen molar-refractivity contribution in [1.82, 2.24) is 113 Å². The molecule has 8 saturated heterocycles. The zero-order valence-electron chi connectivity index (χ0n) is 79.1. The lowest BCUT2D eigenvalue weighted by Crippen LogP contribution is -2.94. The van der Waals surface area contributed by atoms with Crippen molar-refractivity contribution in [1.29, 1.82) is 0 Å². The second-order valence-electron chi connectivity index (χ2n) is 41.5. The number of rotatable bonds is 0. The van der Waals surface area contributed by atoms with Crippen molar-refractivity contribution in [3.05, 3.63) is 139 Å².